The fourth-order valence-corrected chi connectivity index (χ4v) is 4.96. The molecule has 0 radical (unpaired) electrons. The Morgan fingerprint density at radius 3 is 2.72 bits per heavy atom. The van der Waals surface area contributed by atoms with Gasteiger partial charge < -0.3 is 20.1 Å². The van der Waals surface area contributed by atoms with Crippen LogP contribution in [0.5, 0.6) is 5.88 Å². The van der Waals surface area contributed by atoms with E-state index in [1.54, 1.807) is 25.6 Å². The Hall–Kier alpha value is -4.40. The Morgan fingerprint density at radius 2 is 1.97 bits per heavy atom. The van der Waals surface area contributed by atoms with Gasteiger partial charge in [0.25, 0.3) is 0 Å². The molecular weight excluding hydrogens is 493 g/mol. The number of aromatic nitrogens is 3. The Balaban J connectivity index is 1.54. The second-order valence-electron chi connectivity index (χ2n) is 9.39. The molecule has 0 amide bonds. The van der Waals surface area contributed by atoms with Crippen LogP contribution in [0.15, 0.2) is 79.1 Å². The van der Waals surface area contributed by atoms with E-state index >= 15 is 4.39 Å². The standard InChI is InChI=1S/C31H28FN5O2/c1-19-30(25-7-3-4-13-34-25)36-24-8-5-6-23(32)29(24)31(19)37-26-16-20(27-18-33-14-15-39-27)9-11-22(26)21-10-12-28(38-2)35-17-21/h3-13,16-17,27,33H,14-15,18H2,1-2H3,(H,36,37). The summed E-state index contributed by atoms with van der Waals surface area (Å²) in [6, 6.07) is 20.6. The van der Waals surface area contributed by atoms with Crippen molar-refractivity contribution in [3.63, 3.8) is 0 Å². The smallest absolute Gasteiger partial charge is 0.212 e. The summed E-state index contributed by atoms with van der Waals surface area (Å²) in [6.07, 6.45) is 3.42. The van der Waals surface area contributed by atoms with Gasteiger partial charge in [-0.15, -0.1) is 0 Å². The zero-order chi connectivity index (χ0) is 26.8. The average Bonchev–Trinajstić information content (AvgIpc) is 2.99. The number of rotatable bonds is 6. The highest BCUT2D eigenvalue weighted by atomic mass is 19.1. The van der Waals surface area contributed by atoms with Crippen molar-refractivity contribution in [3.8, 4) is 28.4 Å². The van der Waals surface area contributed by atoms with Crippen molar-refractivity contribution in [1.82, 2.24) is 20.3 Å². The van der Waals surface area contributed by atoms with Crippen LogP contribution < -0.4 is 15.4 Å². The van der Waals surface area contributed by atoms with Crippen molar-refractivity contribution in [2.75, 3.05) is 32.1 Å². The van der Waals surface area contributed by atoms with E-state index < -0.39 is 0 Å². The van der Waals surface area contributed by atoms with E-state index in [1.165, 1.54) is 6.07 Å². The topological polar surface area (TPSA) is 81.2 Å². The molecule has 0 aliphatic carbocycles. The number of nitrogens with one attached hydrogen (secondary N) is 2. The number of morpholine rings is 1. The van der Waals surface area contributed by atoms with Gasteiger partial charge >= 0.3 is 0 Å². The van der Waals surface area contributed by atoms with Gasteiger partial charge in [-0.05, 0) is 48.9 Å². The fraction of sp³-hybridized carbons (Fsp3) is 0.194. The second-order valence-corrected chi connectivity index (χ2v) is 9.39. The summed E-state index contributed by atoms with van der Waals surface area (Å²) in [5, 5.41) is 7.42. The van der Waals surface area contributed by atoms with Crippen LogP contribution >= 0.6 is 0 Å². The molecule has 6 rings (SSSR count). The van der Waals surface area contributed by atoms with Gasteiger partial charge in [0.1, 0.15) is 5.82 Å². The lowest BCUT2D eigenvalue weighted by atomic mass is 9.98. The molecule has 0 spiro atoms. The van der Waals surface area contributed by atoms with Crippen LogP contribution in [0.25, 0.3) is 33.4 Å². The van der Waals surface area contributed by atoms with Crippen molar-refractivity contribution < 1.29 is 13.9 Å². The van der Waals surface area contributed by atoms with Gasteiger partial charge in [0, 0.05) is 53.9 Å². The Morgan fingerprint density at radius 1 is 1.05 bits per heavy atom. The maximum atomic E-state index is 15.4. The number of fused-ring (bicyclic) bond motifs is 1. The van der Waals surface area contributed by atoms with E-state index in [0.29, 0.717) is 34.8 Å². The molecule has 2 aromatic carbocycles. The van der Waals surface area contributed by atoms with Crippen LogP contribution in [0.2, 0.25) is 0 Å². The van der Waals surface area contributed by atoms with E-state index in [1.807, 2.05) is 49.4 Å². The van der Waals surface area contributed by atoms with Gasteiger partial charge in [-0.25, -0.2) is 14.4 Å². The van der Waals surface area contributed by atoms with Crippen molar-refractivity contribution in [2.45, 2.75) is 13.0 Å². The highest BCUT2D eigenvalue weighted by Crippen LogP contribution is 2.39. The summed E-state index contributed by atoms with van der Waals surface area (Å²) in [5.74, 6) is 0.186. The summed E-state index contributed by atoms with van der Waals surface area (Å²) in [5.41, 5.74) is 7.04. The quantitative estimate of drug-likeness (QED) is 0.275. The van der Waals surface area contributed by atoms with E-state index in [4.69, 9.17) is 14.5 Å². The lowest BCUT2D eigenvalue weighted by Gasteiger charge is -2.25. The molecule has 2 N–H and O–H groups in total. The van der Waals surface area contributed by atoms with Gasteiger partial charge in [-0.2, -0.15) is 0 Å². The molecule has 1 saturated heterocycles. The summed E-state index contributed by atoms with van der Waals surface area (Å²) >= 11 is 0. The van der Waals surface area contributed by atoms with E-state index in [0.717, 1.165) is 46.7 Å². The fourth-order valence-electron chi connectivity index (χ4n) is 4.96. The highest BCUT2D eigenvalue weighted by molar-refractivity contribution is 5.99. The normalized spacial score (nSPS) is 15.3. The number of ether oxygens (including phenoxy) is 2. The highest BCUT2D eigenvalue weighted by Gasteiger charge is 2.21. The monoisotopic (exact) mass is 521 g/mol. The number of benzene rings is 2. The van der Waals surface area contributed by atoms with Gasteiger partial charge in [-0.1, -0.05) is 24.3 Å². The van der Waals surface area contributed by atoms with Gasteiger partial charge in [0.15, 0.2) is 0 Å². The van der Waals surface area contributed by atoms with Crippen LogP contribution in [0.3, 0.4) is 0 Å². The van der Waals surface area contributed by atoms with Gasteiger partial charge in [-0.3, -0.25) is 4.98 Å². The molecule has 4 heterocycles. The molecule has 1 aliphatic rings. The molecule has 5 aromatic rings. The molecule has 196 valence electrons. The minimum atomic E-state index is -0.346. The number of nitrogens with zero attached hydrogens (tertiary/aromatic N) is 3. The molecule has 1 aliphatic heterocycles. The summed E-state index contributed by atoms with van der Waals surface area (Å²) in [4.78, 5) is 13.7. The van der Waals surface area contributed by atoms with E-state index in [2.05, 4.69) is 32.7 Å². The molecule has 1 atom stereocenters. The zero-order valence-electron chi connectivity index (χ0n) is 21.7. The third-order valence-electron chi connectivity index (χ3n) is 6.97. The summed E-state index contributed by atoms with van der Waals surface area (Å²) < 4.78 is 26.7. The Kier molecular flexibility index (Phi) is 6.87. The van der Waals surface area contributed by atoms with Crippen LogP contribution in [0, 0.1) is 12.7 Å². The summed E-state index contributed by atoms with van der Waals surface area (Å²) in [6.45, 7) is 4.13. The first-order valence-electron chi connectivity index (χ1n) is 12.9. The number of methoxy groups -OCH3 is 1. The third kappa shape index (κ3) is 4.92. The van der Waals surface area contributed by atoms with Crippen LogP contribution in [0.4, 0.5) is 15.8 Å². The first-order valence-corrected chi connectivity index (χ1v) is 12.9. The van der Waals surface area contributed by atoms with E-state index in [-0.39, 0.29) is 11.9 Å². The van der Waals surface area contributed by atoms with Crippen LogP contribution in [0.1, 0.15) is 17.2 Å². The largest absolute Gasteiger partial charge is 0.481 e. The van der Waals surface area contributed by atoms with Crippen molar-refractivity contribution in [2.24, 2.45) is 0 Å². The summed E-state index contributed by atoms with van der Waals surface area (Å²) in [7, 11) is 1.59. The first-order chi connectivity index (χ1) is 19.1. The zero-order valence-corrected chi connectivity index (χ0v) is 21.7. The second kappa shape index (κ2) is 10.8. The number of hydrogen-bond donors (Lipinski definition) is 2. The van der Waals surface area contributed by atoms with Crippen LogP contribution in [-0.2, 0) is 4.74 Å². The molecule has 3 aromatic heterocycles. The Bertz CT molecular complexity index is 1620. The third-order valence-corrected chi connectivity index (χ3v) is 6.97. The predicted molar refractivity (Wildman–Crippen MR) is 151 cm³/mol. The lowest BCUT2D eigenvalue weighted by Crippen LogP contribution is -2.33. The average molecular weight is 522 g/mol. The molecule has 8 heteroatoms. The Labute approximate surface area is 226 Å². The molecule has 7 nitrogen and oxygen atoms in total. The van der Waals surface area contributed by atoms with Crippen molar-refractivity contribution in [1.29, 1.82) is 0 Å². The number of halogens is 1. The van der Waals surface area contributed by atoms with Crippen molar-refractivity contribution >= 4 is 22.3 Å². The molecule has 0 bridgehead atoms. The predicted octanol–water partition coefficient (Wildman–Crippen LogP) is 6.22. The SMILES string of the molecule is COc1ccc(-c2ccc(C3CNCCO3)cc2Nc2c(C)c(-c3ccccn3)nc3cccc(F)c23)cn1. The minimum absolute atomic E-state index is 0.0848. The van der Waals surface area contributed by atoms with Gasteiger partial charge in [0.2, 0.25) is 5.88 Å². The molecule has 39 heavy (non-hydrogen) atoms. The van der Waals surface area contributed by atoms with E-state index in [9.17, 15) is 0 Å². The molecular formula is C31H28FN5O2. The van der Waals surface area contributed by atoms with Crippen molar-refractivity contribution in [3.05, 3.63) is 96.1 Å². The van der Waals surface area contributed by atoms with Gasteiger partial charge in [0.05, 0.1) is 47.8 Å². The lowest BCUT2D eigenvalue weighted by molar-refractivity contribution is 0.0277. The first kappa shape index (κ1) is 24.9. The number of hydrogen-bond acceptors (Lipinski definition) is 7. The number of anilines is 2. The molecule has 1 fully saturated rings. The molecule has 0 saturated carbocycles. The maximum Gasteiger partial charge on any atom is 0.212 e. The van der Waals surface area contributed by atoms with Crippen LogP contribution in [-0.4, -0.2) is 41.8 Å². The minimum Gasteiger partial charge on any atom is -0.481 e. The number of pyridine rings is 3. The maximum absolute atomic E-state index is 15.4. The molecule has 1 unspecified atom stereocenters.